The van der Waals surface area contributed by atoms with Crippen molar-refractivity contribution in [3.63, 3.8) is 0 Å². The average Bonchev–Trinajstić information content (AvgIpc) is 3.00. The van der Waals surface area contributed by atoms with E-state index in [1.807, 2.05) is 0 Å². The van der Waals surface area contributed by atoms with Gasteiger partial charge in [-0.2, -0.15) is 0 Å². The summed E-state index contributed by atoms with van der Waals surface area (Å²) in [5.41, 5.74) is 11.1. The standard InChI is InChI=1S/C37H47N3/c1-6-11-12-15-28-40(10-5)32-24-20-30(21-25-32)37(29-18-22-31(23-19-29)39(8-3)9-4)35-26-27-36(38-7-2)34-17-14-13-16-33(34)35/h13-14,16-27H,6-12,15,28H2,1-5H3/b37-35+,38-36?. The van der Waals surface area contributed by atoms with Crippen LogP contribution >= 0.6 is 0 Å². The van der Waals surface area contributed by atoms with E-state index >= 15 is 0 Å². The maximum Gasteiger partial charge on any atom is 0.0652 e. The molecule has 0 N–H and O–H groups in total. The molecule has 0 aliphatic heterocycles. The lowest BCUT2D eigenvalue weighted by atomic mass is 9.83. The maximum absolute atomic E-state index is 4.79. The van der Waals surface area contributed by atoms with Crippen molar-refractivity contribution < 1.29 is 0 Å². The molecule has 40 heavy (non-hydrogen) atoms. The van der Waals surface area contributed by atoms with E-state index in [1.165, 1.54) is 70.5 Å². The first kappa shape index (κ1) is 29.4. The van der Waals surface area contributed by atoms with Gasteiger partial charge in [-0.15, -0.1) is 0 Å². The summed E-state index contributed by atoms with van der Waals surface area (Å²) in [4.78, 5) is 9.69. The van der Waals surface area contributed by atoms with Gasteiger partial charge < -0.3 is 9.80 Å². The van der Waals surface area contributed by atoms with E-state index in [-0.39, 0.29) is 0 Å². The number of benzene rings is 3. The summed E-state index contributed by atoms with van der Waals surface area (Å²) in [6.07, 6.45) is 9.61. The van der Waals surface area contributed by atoms with Gasteiger partial charge in [0.1, 0.15) is 0 Å². The van der Waals surface area contributed by atoms with Crippen LogP contribution in [0, 0.1) is 0 Å². The van der Waals surface area contributed by atoms with Crippen LogP contribution in [-0.4, -0.2) is 38.4 Å². The predicted molar refractivity (Wildman–Crippen MR) is 177 cm³/mol. The number of aliphatic imine (C=N–C) groups is 1. The van der Waals surface area contributed by atoms with Crippen molar-refractivity contribution in [2.24, 2.45) is 4.99 Å². The van der Waals surface area contributed by atoms with Gasteiger partial charge in [-0.1, -0.05) is 80.8 Å². The second-order valence-electron chi connectivity index (χ2n) is 10.4. The Morgan fingerprint density at radius 3 is 1.73 bits per heavy atom. The molecule has 0 saturated heterocycles. The monoisotopic (exact) mass is 533 g/mol. The lowest BCUT2D eigenvalue weighted by molar-refractivity contribution is 0.649. The highest BCUT2D eigenvalue weighted by Crippen LogP contribution is 2.38. The molecule has 1 aliphatic carbocycles. The van der Waals surface area contributed by atoms with Gasteiger partial charge in [0.05, 0.1) is 5.71 Å². The van der Waals surface area contributed by atoms with Crippen LogP contribution in [0.4, 0.5) is 11.4 Å². The maximum atomic E-state index is 4.79. The van der Waals surface area contributed by atoms with Gasteiger partial charge in [0.25, 0.3) is 0 Å². The largest absolute Gasteiger partial charge is 0.372 e. The van der Waals surface area contributed by atoms with Crippen LogP contribution in [0.5, 0.6) is 0 Å². The van der Waals surface area contributed by atoms with Crippen molar-refractivity contribution >= 4 is 28.2 Å². The summed E-state index contributed by atoms with van der Waals surface area (Å²) in [7, 11) is 0. The Kier molecular flexibility index (Phi) is 10.8. The first-order valence-electron chi connectivity index (χ1n) is 15.4. The number of unbranched alkanes of at least 4 members (excludes halogenated alkanes) is 3. The van der Waals surface area contributed by atoms with E-state index in [0.29, 0.717) is 0 Å². The summed E-state index contributed by atoms with van der Waals surface area (Å²) in [5.74, 6) is 0. The van der Waals surface area contributed by atoms with Crippen LogP contribution in [-0.2, 0) is 0 Å². The third-order valence-corrected chi connectivity index (χ3v) is 7.97. The van der Waals surface area contributed by atoms with Gasteiger partial charge in [0.15, 0.2) is 0 Å². The molecule has 3 heteroatoms. The molecule has 0 heterocycles. The first-order valence-corrected chi connectivity index (χ1v) is 15.4. The minimum absolute atomic E-state index is 0.778. The van der Waals surface area contributed by atoms with Crippen LogP contribution in [0.1, 0.15) is 82.6 Å². The molecule has 0 radical (unpaired) electrons. The zero-order chi connectivity index (χ0) is 28.3. The highest BCUT2D eigenvalue weighted by molar-refractivity contribution is 6.19. The summed E-state index contributed by atoms with van der Waals surface area (Å²) in [6, 6.07) is 27.1. The Morgan fingerprint density at radius 1 is 0.600 bits per heavy atom. The van der Waals surface area contributed by atoms with E-state index in [2.05, 4.69) is 129 Å². The van der Waals surface area contributed by atoms with Gasteiger partial charge in [-0.3, -0.25) is 4.99 Å². The van der Waals surface area contributed by atoms with Gasteiger partial charge in [-0.25, -0.2) is 0 Å². The predicted octanol–water partition coefficient (Wildman–Crippen LogP) is 9.28. The first-order chi connectivity index (χ1) is 19.6. The molecule has 0 unspecified atom stereocenters. The average molecular weight is 534 g/mol. The molecule has 0 fully saturated rings. The molecule has 4 rings (SSSR count). The molecule has 0 atom stereocenters. The Balaban J connectivity index is 1.80. The Hall–Kier alpha value is -3.59. The minimum atomic E-state index is 0.778. The van der Waals surface area contributed by atoms with Gasteiger partial charge in [-0.05, 0) is 92.3 Å². The SMILES string of the molecule is CCCCCCN(CC)c1ccc(/C(=C2\C=CC(=NCC)c3ccccc32)c2ccc(N(CC)CC)cc2)cc1. The van der Waals surface area contributed by atoms with E-state index in [0.717, 1.165) is 38.4 Å². The van der Waals surface area contributed by atoms with Crippen LogP contribution in [0.25, 0.3) is 11.1 Å². The number of hydrogen-bond acceptors (Lipinski definition) is 3. The Morgan fingerprint density at radius 2 is 1.18 bits per heavy atom. The van der Waals surface area contributed by atoms with Crippen molar-refractivity contribution in [1.82, 2.24) is 0 Å². The molecule has 0 bridgehead atoms. The molecule has 0 amide bonds. The van der Waals surface area contributed by atoms with Crippen LogP contribution in [0.15, 0.2) is 89.9 Å². The Bertz CT molecular complexity index is 1310. The summed E-state index contributed by atoms with van der Waals surface area (Å²) < 4.78 is 0. The molecular formula is C37H47N3. The van der Waals surface area contributed by atoms with Crippen LogP contribution < -0.4 is 9.80 Å². The molecule has 210 valence electrons. The third kappa shape index (κ3) is 6.75. The summed E-state index contributed by atoms with van der Waals surface area (Å²) >= 11 is 0. The van der Waals surface area contributed by atoms with Crippen molar-refractivity contribution in [1.29, 1.82) is 0 Å². The molecule has 3 aromatic carbocycles. The van der Waals surface area contributed by atoms with Gasteiger partial charge in [0, 0.05) is 49.7 Å². The summed E-state index contributed by atoms with van der Waals surface area (Å²) in [6.45, 7) is 16.0. The molecule has 0 aromatic heterocycles. The fourth-order valence-electron chi connectivity index (χ4n) is 5.75. The number of hydrogen-bond donors (Lipinski definition) is 0. The van der Waals surface area contributed by atoms with Crippen molar-refractivity contribution in [2.45, 2.75) is 60.3 Å². The van der Waals surface area contributed by atoms with Crippen molar-refractivity contribution in [3.8, 4) is 0 Å². The zero-order valence-electron chi connectivity index (χ0n) is 25.3. The van der Waals surface area contributed by atoms with Crippen LogP contribution in [0.3, 0.4) is 0 Å². The topological polar surface area (TPSA) is 18.8 Å². The normalized spacial score (nSPS) is 14.8. The number of rotatable bonds is 13. The van der Waals surface area contributed by atoms with Crippen LogP contribution in [0.2, 0.25) is 0 Å². The van der Waals surface area contributed by atoms with E-state index in [4.69, 9.17) is 4.99 Å². The number of fused-ring (bicyclic) bond motifs is 1. The van der Waals surface area contributed by atoms with Crippen molar-refractivity contribution in [2.75, 3.05) is 42.5 Å². The molecule has 3 nitrogen and oxygen atoms in total. The lowest BCUT2D eigenvalue weighted by Crippen LogP contribution is -2.23. The second kappa shape index (κ2) is 14.7. The lowest BCUT2D eigenvalue weighted by Gasteiger charge is -2.25. The molecule has 0 spiro atoms. The number of anilines is 2. The highest BCUT2D eigenvalue weighted by atomic mass is 15.1. The van der Waals surface area contributed by atoms with E-state index in [9.17, 15) is 0 Å². The smallest absolute Gasteiger partial charge is 0.0652 e. The minimum Gasteiger partial charge on any atom is -0.372 e. The molecule has 3 aromatic rings. The third-order valence-electron chi connectivity index (χ3n) is 7.97. The van der Waals surface area contributed by atoms with Gasteiger partial charge in [0.2, 0.25) is 0 Å². The number of allylic oxidation sites excluding steroid dienone is 3. The van der Waals surface area contributed by atoms with Crippen molar-refractivity contribution in [3.05, 3.63) is 107 Å². The highest BCUT2D eigenvalue weighted by Gasteiger charge is 2.20. The second-order valence-corrected chi connectivity index (χ2v) is 10.4. The van der Waals surface area contributed by atoms with E-state index < -0.39 is 0 Å². The van der Waals surface area contributed by atoms with Gasteiger partial charge >= 0.3 is 0 Å². The zero-order valence-corrected chi connectivity index (χ0v) is 25.3. The fourth-order valence-corrected chi connectivity index (χ4v) is 5.75. The molecule has 0 saturated carbocycles. The number of nitrogens with zero attached hydrogens (tertiary/aromatic N) is 3. The molecule has 1 aliphatic rings. The fraction of sp³-hybridized carbons (Fsp3) is 0.378. The van der Waals surface area contributed by atoms with E-state index in [1.54, 1.807) is 0 Å². The quantitative estimate of drug-likeness (QED) is 0.204. The summed E-state index contributed by atoms with van der Waals surface area (Å²) in [5, 5.41) is 0. The Labute approximate surface area is 243 Å². The molecular weight excluding hydrogens is 486 g/mol.